The number of benzene rings is 2. The van der Waals surface area contributed by atoms with Crippen LogP contribution in [-0.4, -0.2) is 12.5 Å². The zero-order valence-corrected chi connectivity index (χ0v) is 11.5. The van der Waals surface area contributed by atoms with Gasteiger partial charge in [0.15, 0.2) is 0 Å². The number of amides is 1. The molecule has 0 bridgehead atoms. The van der Waals surface area contributed by atoms with E-state index in [0.717, 1.165) is 12.1 Å². The molecular formula is C17H21NO. The first-order chi connectivity index (χ1) is 9.20. The predicted molar refractivity (Wildman–Crippen MR) is 80.1 cm³/mol. The second-order valence-electron chi connectivity index (χ2n) is 4.62. The highest BCUT2D eigenvalue weighted by Crippen LogP contribution is 1.98. The lowest BCUT2D eigenvalue weighted by Crippen LogP contribution is -2.27. The van der Waals surface area contributed by atoms with Gasteiger partial charge < -0.3 is 5.32 Å². The van der Waals surface area contributed by atoms with E-state index in [1.165, 1.54) is 0 Å². The van der Waals surface area contributed by atoms with Gasteiger partial charge in [0.25, 0.3) is 5.91 Å². The fraction of sp³-hybridized carbons (Fsp3) is 0.235. The summed E-state index contributed by atoms with van der Waals surface area (Å²) in [6.07, 6.45) is 0. The molecular weight excluding hydrogens is 234 g/mol. The van der Waals surface area contributed by atoms with E-state index in [4.69, 9.17) is 0 Å². The summed E-state index contributed by atoms with van der Waals surface area (Å²) in [4.78, 5) is 11.4. The minimum atomic E-state index is 0.00861. The van der Waals surface area contributed by atoms with Gasteiger partial charge in [-0.3, -0.25) is 4.79 Å². The summed E-state index contributed by atoms with van der Waals surface area (Å²) in [6.45, 7) is 4.88. The topological polar surface area (TPSA) is 29.1 Å². The molecule has 0 radical (unpaired) electrons. The highest BCUT2D eigenvalue weighted by atomic mass is 16.1. The molecule has 0 unspecified atom stereocenters. The molecule has 1 amide bonds. The lowest BCUT2D eigenvalue weighted by atomic mass is 10.2. The van der Waals surface area contributed by atoms with E-state index in [9.17, 15) is 4.79 Å². The van der Waals surface area contributed by atoms with Crippen molar-refractivity contribution in [1.82, 2.24) is 5.32 Å². The van der Waals surface area contributed by atoms with Gasteiger partial charge >= 0.3 is 0 Å². The smallest absolute Gasteiger partial charge is 0.251 e. The first kappa shape index (κ1) is 15.0. The Labute approximate surface area is 115 Å². The van der Waals surface area contributed by atoms with E-state index in [2.05, 4.69) is 19.2 Å². The Kier molecular flexibility index (Phi) is 7.03. The van der Waals surface area contributed by atoms with E-state index < -0.39 is 0 Å². The maximum absolute atomic E-state index is 11.4. The van der Waals surface area contributed by atoms with Gasteiger partial charge in [0.1, 0.15) is 0 Å². The molecule has 1 N–H and O–H groups in total. The molecule has 0 saturated heterocycles. The van der Waals surface area contributed by atoms with Crippen molar-refractivity contribution >= 4 is 5.91 Å². The summed E-state index contributed by atoms with van der Waals surface area (Å²) in [5, 5.41) is 2.86. The summed E-state index contributed by atoms with van der Waals surface area (Å²) >= 11 is 0. The van der Waals surface area contributed by atoms with Gasteiger partial charge in [-0.2, -0.15) is 0 Å². The molecule has 0 aliphatic rings. The third kappa shape index (κ3) is 7.04. The van der Waals surface area contributed by atoms with E-state index in [1.807, 2.05) is 66.7 Å². The average Bonchev–Trinajstić information content (AvgIpc) is 2.48. The van der Waals surface area contributed by atoms with Gasteiger partial charge in [0.05, 0.1) is 0 Å². The summed E-state index contributed by atoms with van der Waals surface area (Å²) in [6, 6.07) is 21.3. The maximum atomic E-state index is 11.4. The normalized spacial score (nSPS) is 9.42. The van der Waals surface area contributed by atoms with Crippen molar-refractivity contribution in [1.29, 1.82) is 0 Å². The molecule has 19 heavy (non-hydrogen) atoms. The van der Waals surface area contributed by atoms with Gasteiger partial charge in [0.2, 0.25) is 0 Å². The maximum Gasteiger partial charge on any atom is 0.251 e. The van der Waals surface area contributed by atoms with Crippen LogP contribution in [0.25, 0.3) is 0 Å². The Morgan fingerprint density at radius 3 is 1.74 bits per heavy atom. The third-order valence-corrected chi connectivity index (χ3v) is 2.37. The van der Waals surface area contributed by atoms with Crippen molar-refractivity contribution in [3.63, 3.8) is 0 Å². The van der Waals surface area contributed by atoms with Crippen LogP contribution in [0.15, 0.2) is 66.7 Å². The molecule has 0 saturated carbocycles. The van der Waals surface area contributed by atoms with Crippen LogP contribution in [0.1, 0.15) is 24.2 Å². The van der Waals surface area contributed by atoms with Gasteiger partial charge in [-0.25, -0.2) is 0 Å². The molecule has 0 spiro atoms. The van der Waals surface area contributed by atoms with Gasteiger partial charge in [0, 0.05) is 12.1 Å². The Morgan fingerprint density at radius 1 is 0.895 bits per heavy atom. The lowest BCUT2D eigenvalue weighted by molar-refractivity contribution is 0.0949. The van der Waals surface area contributed by atoms with Gasteiger partial charge in [-0.1, -0.05) is 68.4 Å². The molecule has 0 atom stereocenters. The zero-order valence-electron chi connectivity index (χ0n) is 11.5. The molecule has 0 fully saturated rings. The average molecular weight is 255 g/mol. The van der Waals surface area contributed by atoms with Crippen LogP contribution in [0.3, 0.4) is 0 Å². The lowest BCUT2D eigenvalue weighted by Gasteiger charge is -2.06. The first-order valence-electron chi connectivity index (χ1n) is 6.53. The second kappa shape index (κ2) is 8.92. The minimum Gasteiger partial charge on any atom is -0.352 e. The monoisotopic (exact) mass is 255 g/mol. The Balaban J connectivity index is 0.000000250. The summed E-state index contributed by atoms with van der Waals surface area (Å²) < 4.78 is 0. The van der Waals surface area contributed by atoms with Gasteiger partial charge in [-0.15, -0.1) is 0 Å². The van der Waals surface area contributed by atoms with Crippen LogP contribution >= 0.6 is 0 Å². The van der Waals surface area contributed by atoms with Crippen molar-refractivity contribution in [2.75, 3.05) is 6.54 Å². The fourth-order valence-corrected chi connectivity index (χ4v) is 1.37. The standard InChI is InChI=1S/C11H15NO.C6H6/c1-9(2)8-12-11(13)10-6-4-3-5-7-10;1-2-4-6-5-3-1/h3-7,9H,8H2,1-2H3,(H,12,13);1-6H. The number of nitrogens with one attached hydrogen (secondary N) is 1. The van der Waals surface area contributed by atoms with E-state index in [-0.39, 0.29) is 5.91 Å². The molecule has 2 aromatic carbocycles. The Hall–Kier alpha value is -2.09. The molecule has 0 aliphatic heterocycles. The predicted octanol–water partition coefficient (Wildman–Crippen LogP) is 3.76. The summed E-state index contributed by atoms with van der Waals surface area (Å²) in [5.74, 6) is 0.502. The SMILES string of the molecule is CC(C)CNC(=O)c1ccccc1.c1ccccc1. The van der Waals surface area contributed by atoms with Crippen LogP contribution < -0.4 is 5.32 Å². The van der Waals surface area contributed by atoms with Crippen LogP contribution in [0, 0.1) is 5.92 Å². The van der Waals surface area contributed by atoms with E-state index >= 15 is 0 Å². The first-order valence-corrected chi connectivity index (χ1v) is 6.53. The molecule has 2 rings (SSSR count). The van der Waals surface area contributed by atoms with Gasteiger partial charge in [-0.05, 0) is 18.1 Å². The Morgan fingerprint density at radius 2 is 1.32 bits per heavy atom. The number of hydrogen-bond donors (Lipinski definition) is 1. The molecule has 0 aliphatic carbocycles. The summed E-state index contributed by atoms with van der Waals surface area (Å²) in [5.41, 5.74) is 0.725. The largest absolute Gasteiger partial charge is 0.352 e. The van der Waals surface area contributed by atoms with Crippen LogP contribution in [0.2, 0.25) is 0 Å². The van der Waals surface area contributed by atoms with Crippen molar-refractivity contribution in [2.45, 2.75) is 13.8 Å². The van der Waals surface area contributed by atoms with Crippen molar-refractivity contribution in [2.24, 2.45) is 5.92 Å². The molecule has 0 heterocycles. The van der Waals surface area contributed by atoms with E-state index in [1.54, 1.807) is 0 Å². The fourth-order valence-electron chi connectivity index (χ4n) is 1.37. The van der Waals surface area contributed by atoms with Crippen molar-refractivity contribution in [3.05, 3.63) is 72.3 Å². The minimum absolute atomic E-state index is 0.00861. The van der Waals surface area contributed by atoms with E-state index in [0.29, 0.717) is 5.92 Å². The van der Waals surface area contributed by atoms with Crippen LogP contribution in [0.5, 0.6) is 0 Å². The third-order valence-electron chi connectivity index (χ3n) is 2.37. The van der Waals surface area contributed by atoms with Crippen LogP contribution in [-0.2, 0) is 0 Å². The number of hydrogen-bond acceptors (Lipinski definition) is 1. The molecule has 2 nitrogen and oxygen atoms in total. The van der Waals surface area contributed by atoms with Crippen LogP contribution in [0.4, 0.5) is 0 Å². The zero-order chi connectivity index (χ0) is 13.9. The number of carbonyl (C=O) groups excluding carboxylic acids is 1. The quantitative estimate of drug-likeness (QED) is 0.889. The number of rotatable bonds is 3. The second-order valence-corrected chi connectivity index (χ2v) is 4.62. The van der Waals surface area contributed by atoms with Crippen molar-refractivity contribution < 1.29 is 4.79 Å². The molecule has 2 aromatic rings. The molecule has 100 valence electrons. The molecule has 0 aromatic heterocycles. The highest BCUT2D eigenvalue weighted by molar-refractivity contribution is 5.94. The summed E-state index contributed by atoms with van der Waals surface area (Å²) in [7, 11) is 0. The number of carbonyl (C=O) groups is 1. The van der Waals surface area contributed by atoms with Crippen molar-refractivity contribution in [3.8, 4) is 0 Å². The Bertz CT molecular complexity index is 424. The highest BCUT2D eigenvalue weighted by Gasteiger charge is 2.03. The molecule has 2 heteroatoms.